The zero-order valence-electron chi connectivity index (χ0n) is 15.1. The van der Waals surface area contributed by atoms with Crippen molar-refractivity contribution in [2.75, 3.05) is 0 Å². The number of rotatable bonds is 4. The van der Waals surface area contributed by atoms with Gasteiger partial charge in [-0.1, -0.05) is 0 Å². The van der Waals surface area contributed by atoms with E-state index < -0.39 is 32.0 Å². The van der Waals surface area contributed by atoms with Crippen LogP contribution in [-0.4, -0.2) is 34.8 Å². The Hall–Kier alpha value is -3.96. The summed E-state index contributed by atoms with van der Waals surface area (Å²) in [4.78, 5) is 22.5. The van der Waals surface area contributed by atoms with Gasteiger partial charge in [0, 0.05) is 17.0 Å². The fourth-order valence-electron chi connectivity index (χ4n) is 2.96. The molecule has 2 aromatic carbocycles. The van der Waals surface area contributed by atoms with Crippen LogP contribution in [0, 0.1) is 0 Å². The van der Waals surface area contributed by atoms with Crippen molar-refractivity contribution in [1.82, 2.24) is 9.97 Å². The number of nitrogens with one attached hydrogen (secondary N) is 1. The van der Waals surface area contributed by atoms with Crippen LogP contribution in [0.5, 0.6) is 5.75 Å². The second kappa shape index (κ2) is 7.13. The van der Waals surface area contributed by atoms with Gasteiger partial charge in [-0.3, -0.25) is 19.3 Å². The molecule has 0 amide bonds. The summed E-state index contributed by atoms with van der Waals surface area (Å²) in [6.07, 6.45) is 1.59. The molecule has 0 unspecified atom stereocenters. The van der Waals surface area contributed by atoms with Crippen molar-refractivity contribution in [3.8, 4) is 5.75 Å². The third-order valence-corrected chi connectivity index (χ3v) is 5.23. The van der Waals surface area contributed by atoms with Crippen molar-refractivity contribution in [1.29, 1.82) is 0 Å². The number of aromatic amines is 1. The van der Waals surface area contributed by atoms with Crippen LogP contribution >= 0.6 is 0 Å². The molecule has 0 radical (unpaired) electrons. The molecule has 0 saturated heterocycles. The molecule has 30 heavy (non-hydrogen) atoms. The number of H-pyrrole nitrogens is 1. The summed E-state index contributed by atoms with van der Waals surface area (Å²) in [5, 5.41) is 19.0. The van der Waals surface area contributed by atoms with Crippen molar-refractivity contribution in [3.63, 3.8) is 0 Å². The van der Waals surface area contributed by atoms with E-state index in [-0.39, 0.29) is 10.9 Å². The van der Waals surface area contributed by atoms with Crippen LogP contribution in [0.3, 0.4) is 0 Å². The standard InChI is InChI=1S/C19H13N5O5S/c1-20-15-7-6-14(11-3-2-8-21-16(11)15)23-24-17-18(25)12-9-10(30(27,28)29)4-5-13(12)22-19(17)26/h2-9H,1H2,(H2,22,25,26)(H,27,28,29). The van der Waals surface area contributed by atoms with Crippen LogP contribution in [-0.2, 0) is 10.1 Å². The molecule has 2 aromatic heterocycles. The van der Waals surface area contributed by atoms with Gasteiger partial charge in [-0.05, 0) is 49.2 Å². The van der Waals surface area contributed by atoms with Crippen molar-refractivity contribution >= 4 is 55.7 Å². The summed E-state index contributed by atoms with van der Waals surface area (Å²) in [6, 6.07) is 10.1. The Morgan fingerprint density at radius 3 is 2.53 bits per heavy atom. The summed E-state index contributed by atoms with van der Waals surface area (Å²) in [5.74, 6) is -0.574. The van der Waals surface area contributed by atoms with Crippen molar-refractivity contribution < 1.29 is 18.1 Å². The average molecular weight is 423 g/mol. The highest BCUT2D eigenvalue weighted by Crippen LogP contribution is 2.35. The number of aromatic hydroxyl groups is 1. The van der Waals surface area contributed by atoms with Gasteiger partial charge in [0.15, 0.2) is 11.4 Å². The van der Waals surface area contributed by atoms with E-state index in [1.165, 1.54) is 6.07 Å². The Morgan fingerprint density at radius 1 is 1.03 bits per heavy atom. The van der Waals surface area contributed by atoms with Crippen molar-refractivity contribution in [3.05, 3.63) is 59.0 Å². The predicted molar refractivity (Wildman–Crippen MR) is 111 cm³/mol. The molecule has 0 atom stereocenters. The smallest absolute Gasteiger partial charge is 0.294 e. The van der Waals surface area contributed by atoms with E-state index in [9.17, 15) is 22.9 Å². The van der Waals surface area contributed by atoms with Crippen LogP contribution in [0.2, 0.25) is 0 Å². The SMILES string of the molecule is C=Nc1ccc(N=Nc2c(O)c3cc(S(=O)(=O)O)ccc3[nH]c2=O)c2cccnc12. The maximum Gasteiger partial charge on any atom is 0.294 e. The Kier molecular flexibility index (Phi) is 4.60. The lowest BCUT2D eigenvalue weighted by Crippen LogP contribution is -2.06. The number of hydrogen-bond acceptors (Lipinski definition) is 8. The third kappa shape index (κ3) is 3.32. The Balaban J connectivity index is 1.89. The largest absolute Gasteiger partial charge is 0.505 e. The highest BCUT2D eigenvalue weighted by Gasteiger charge is 2.16. The van der Waals surface area contributed by atoms with Crippen LogP contribution in [0.1, 0.15) is 0 Å². The van der Waals surface area contributed by atoms with Crippen LogP contribution in [0.15, 0.2) is 73.6 Å². The van der Waals surface area contributed by atoms with E-state index in [4.69, 9.17) is 0 Å². The molecule has 3 N–H and O–H groups in total. The summed E-state index contributed by atoms with van der Waals surface area (Å²) in [7, 11) is -4.50. The van der Waals surface area contributed by atoms with Gasteiger partial charge >= 0.3 is 0 Å². The van der Waals surface area contributed by atoms with E-state index in [1.54, 1.807) is 30.5 Å². The van der Waals surface area contributed by atoms with E-state index in [1.807, 2.05) is 0 Å². The third-order valence-electron chi connectivity index (χ3n) is 4.39. The molecule has 2 heterocycles. The quantitative estimate of drug-likeness (QED) is 0.257. The molecule has 0 spiro atoms. The first-order valence-electron chi connectivity index (χ1n) is 8.42. The molecule has 0 bridgehead atoms. The highest BCUT2D eigenvalue weighted by molar-refractivity contribution is 7.85. The molecule has 0 aliphatic carbocycles. The van der Waals surface area contributed by atoms with E-state index in [2.05, 4.69) is 31.9 Å². The minimum absolute atomic E-state index is 0.0172. The van der Waals surface area contributed by atoms with Gasteiger partial charge in [0.2, 0.25) is 0 Å². The maximum absolute atomic E-state index is 12.3. The first-order chi connectivity index (χ1) is 14.3. The number of aliphatic imine (C=N–C) groups is 1. The Morgan fingerprint density at radius 2 is 1.80 bits per heavy atom. The number of benzene rings is 2. The van der Waals surface area contributed by atoms with Gasteiger partial charge in [-0.2, -0.15) is 8.42 Å². The second-order valence-electron chi connectivity index (χ2n) is 6.20. The molecule has 0 aliphatic heterocycles. The molecule has 0 aliphatic rings. The zero-order valence-corrected chi connectivity index (χ0v) is 16.0. The lowest BCUT2D eigenvalue weighted by Gasteiger charge is -2.06. The minimum atomic E-state index is -4.50. The second-order valence-corrected chi connectivity index (χ2v) is 7.62. The zero-order chi connectivity index (χ0) is 21.5. The summed E-state index contributed by atoms with van der Waals surface area (Å²) >= 11 is 0. The number of hydrogen-bond donors (Lipinski definition) is 3. The van der Waals surface area contributed by atoms with Crippen LogP contribution in [0.4, 0.5) is 17.1 Å². The first-order valence-corrected chi connectivity index (χ1v) is 9.86. The van der Waals surface area contributed by atoms with Gasteiger partial charge in [0.05, 0.1) is 27.3 Å². The van der Waals surface area contributed by atoms with Crippen LogP contribution in [0.25, 0.3) is 21.8 Å². The molecular weight excluding hydrogens is 410 g/mol. The van der Waals surface area contributed by atoms with Gasteiger partial charge in [0.25, 0.3) is 15.7 Å². The fourth-order valence-corrected chi connectivity index (χ4v) is 3.47. The summed E-state index contributed by atoms with van der Waals surface area (Å²) < 4.78 is 32.0. The maximum atomic E-state index is 12.3. The lowest BCUT2D eigenvalue weighted by atomic mass is 10.1. The van der Waals surface area contributed by atoms with Crippen LogP contribution < -0.4 is 5.56 Å². The molecular formula is C19H13N5O5S. The summed E-state index contributed by atoms with van der Waals surface area (Å²) in [5.41, 5.74) is 0.483. The number of aromatic nitrogens is 2. The van der Waals surface area contributed by atoms with E-state index >= 15 is 0 Å². The molecule has 0 fully saturated rings. The van der Waals surface area contributed by atoms with Gasteiger partial charge in [-0.25, -0.2) is 0 Å². The summed E-state index contributed by atoms with van der Waals surface area (Å²) in [6.45, 7) is 3.50. The molecule has 4 rings (SSSR count). The average Bonchev–Trinajstić information content (AvgIpc) is 2.72. The Labute approximate surface area is 169 Å². The normalized spacial score (nSPS) is 12.0. The number of azo groups is 1. The lowest BCUT2D eigenvalue weighted by molar-refractivity contribution is 0.480. The number of fused-ring (bicyclic) bond motifs is 2. The molecule has 4 aromatic rings. The van der Waals surface area contributed by atoms with E-state index in [0.717, 1.165) is 12.1 Å². The van der Waals surface area contributed by atoms with Gasteiger partial charge < -0.3 is 10.1 Å². The van der Waals surface area contributed by atoms with Gasteiger partial charge in [0.1, 0.15) is 0 Å². The molecule has 11 heteroatoms. The molecule has 10 nitrogen and oxygen atoms in total. The van der Waals surface area contributed by atoms with Gasteiger partial charge in [-0.15, -0.1) is 10.2 Å². The topological polar surface area (TPSA) is 157 Å². The molecule has 150 valence electrons. The minimum Gasteiger partial charge on any atom is -0.505 e. The Bertz CT molecular complexity index is 1530. The van der Waals surface area contributed by atoms with Crippen molar-refractivity contribution in [2.24, 2.45) is 15.2 Å². The van der Waals surface area contributed by atoms with Crippen molar-refractivity contribution in [2.45, 2.75) is 4.90 Å². The first kappa shape index (κ1) is 19.4. The monoisotopic (exact) mass is 423 g/mol. The number of pyridine rings is 2. The highest BCUT2D eigenvalue weighted by atomic mass is 32.2. The van der Waals surface area contributed by atoms with E-state index in [0.29, 0.717) is 22.3 Å². The molecule has 0 saturated carbocycles. The predicted octanol–water partition coefficient (Wildman–Crippen LogP) is 3.78. The fraction of sp³-hybridized carbons (Fsp3) is 0. The number of nitrogens with zero attached hydrogens (tertiary/aromatic N) is 4.